The van der Waals surface area contributed by atoms with E-state index in [1.54, 1.807) is 11.8 Å². The Labute approximate surface area is 96.4 Å². The highest BCUT2D eigenvalue weighted by Crippen LogP contribution is 2.27. The molecule has 0 saturated carbocycles. The van der Waals surface area contributed by atoms with Gasteiger partial charge in [-0.25, -0.2) is 9.97 Å². The minimum absolute atomic E-state index is 0.493. The van der Waals surface area contributed by atoms with Gasteiger partial charge in [0.05, 0.1) is 4.47 Å². The molecule has 0 aliphatic heterocycles. The summed E-state index contributed by atoms with van der Waals surface area (Å²) in [4.78, 5) is 10.2. The highest BCUT2D eigenvalue weighted by atomic mass is 79.9. The number of anilines is 1. The molecule has 78 valence electrons. The number of rotatable bonds is 4. The van der Waals surface area contributed by atoms with E-state index in [1.165, 1.54) is 6.33 Å². The molecule has 2 N–H and O–H groups in total. The number of nitrogen functional groups attached to an aromatic ring is 1. The molecule has 1 aromatic rings. The maximum atomic E-state index is 5.63. The fourth-order valence-electron chi connectivity index (χ4n) is 0.792. The molecular weight excluding hydrogens is 264 g/mol. The van der Waals surface area contributed by atoms with E-state index in [1.807, 2.05) is 14.1 Å². The van der Waals surface area contributed by atoms with Gasteiger partial charge in [0.15, 0.2) is 0 Å². The minimum Gasteiger partial charge on any atom is -0.383 e. The number of hydrogen-bond donors (Lipinski definition) is 1. The van der Waals surface area contributed by atoms with Crippen LogP contribution in [0.1, 0.15) is 0 Å². The third-order valence-corrected chi connectivity index (χ3v) is 3.58. The van der Waals surface area contributed by atoms with E-state index >= 15 is 0 Å². The predicted octanol–water partition coefficient (Wildman–Crippen LogP) is 1.48. The Morgan fingerprint density at radius 2 is 2.21 bits per heavy atom. The summed E-state index contributed by atoms with van der Waals surface area (Å²) in [5, 5.41) is 0.902. The molecule has 1 aromatic heterocycles. The summed E-state index contributed by atoms with van der Waals surface area (Å²) in [5.74, 6) is 1.48. The van der Waals surface area contributed by atoms with Gasteiger partial charge in [-0.3, -0.25) is 0 Å². The van der Waals surface area contributed by atoms with Crippen molar-refractivity contribution in [1.82, 2.24) is 14.9 Å². The van der Waals surface area contributed by atoms with Crippen molar-refractivity contribution in [1.29, 1.82) is 0 Å². The maximum Gasteiger partial charge on any atom is 0.142 e. The summed E-state index contributed by atoms with van der Waals surface area (Å²) in [6, 6.07) is 0. The van der Waals surface area contributed by atoms with Crippen molar-refractivity contribution in [2.24, 2.45) is 0 Å². The normalized spacial score (nSPS) is 10.9. The molecule has 4 nitrogen and oxygen atoms in total. The summed E-state index contributed by atoms with van der Waals surface area (Å²) in [5.41, 5.74) is 5.63. The Morgan fingerprint density at radius 3 is 2.86 bits per heavy atom. The standard InChI is InChI=1S/C8H13BrN4S/c1-13(2)3-4-14-8-6(9)7(10)11-5-12-8/h5H,3-4H2,1-2H3,(H2,10,11,12). The molecule has 0 fully saturated rings. The van der Waals surface area contributed by atoms with Gasteiger partial charge in [-0.05, 0) is 30.0 Å². The molecule has 6 heteroatoms. The van der Waals surface area contributed by atoms with Gasteiger partial charge in [0, 0.05) is 12.3 Å². The number of nitrogens with zero attached hydrogens (tertiary/aromatic N) is 3. The van der Waals surface area contributed by atoms with Crippen molar-refractivity contribution in [3.8, 4) is 0 Å². The van der Waals surface area contributed by atoms with Gasteiger partial charge in [-0.15, -0.1) is 11.8 Å². The van der Waals surface area contributed by atoms with Crippen LogP contribution >= 0.6 is 27.7 Å². The van der Waals surface area contributed by atoms with E-state index in [2.05, 4.69) is 30.8 Å². The first kappa shape index (κ1) is 11.7. The lowest BCUT2D eigenvalue weighted by atomic mass is 10.6. The number of hydrogen-bond acceptors (Lipinski definition) is 5. The quantitative estimate of drug-likeness (QED) is 0.667. The van der Waals surface area contributed by atoms with Crippen LogP contribution in [0.5, 0.6) is 0 Å². The van der Waals surface area contributed by atoms with Crippen LogP contribution < -0.4 is 5.73 Å². The number of halogens is 1. The van der Waals surface area contributed by atoms with Gasteiger partial charge < -0.3 is 10.6 Å². The molecule has 14 heavy (non-hydrogen) atoms. The topological polar surface area (TPSA) is 55.0 Å². The number of thioether (sulfide) groups is 1. The zero-order valence-electron chi connectivity index (χ0n) is 8.20. The fourth-order valence-corrected chi connectivity index (χ4v) is 2.34. The van der Waals surface area contributed by atoms with Crippen LogP contribution in [0.3, 0.4) is 0 Å². The molecule has 1 heterocycles. The molecule has 0 amide bonds. The first-order chi connectivity index (χ1) is 6.61. The predicted molar refractivity (Wildman–Crippen MR) is 63.4 cm³/mol. The Balaban J connectivity index is 2.54. The summed E-state index contributed by atoms with van der Waals surface area (Å²) < 4.78 is 0.795. The molecule has 1 rings (SSSR count). The average Bonchev–Trinajstić information content (AvgIpc) is 2.12. The van der Waals surface area contributed by atoms with Crippen molar-refractivity contribution < 1.29 is 0 Å². The summed E-state index contributed by atoms with van der Waals surface area (Å²) in [6.45, 7) is 1.01. The van der Waals surface area contributed by atoms with Gasteiger partial charge in [-0.1, -0.05) is 0 Å². The molecule has 0 saturated heterocycles. The van der Waals surface area contributed by atoms with Crippen LogP contribution in [0.15, 0.2) is 15.8 Å². The smallest absolute Gasteiger partial charge is 0.142 e. The highest BCUT2D eigenvalue weighted by molar-refractivity contribution is 9.10. The largest absolute Gasteiger partial charge is 0.383 e. The maximum absolute atomic E-state index is 5.63. The molecular formula is C8H13BrN4S. The van der Waals surface area contributed by atoms with Crippen LogP contribution in [0.25, 0.3) is 0 Å². The number of nitrogens with two attached hydrogens (primary N) is 1. The van der Waals surface area contributed by atoms with Gasteiger partial charge in [0.25, 0.3) is 0 Å². The third-order valence-electron chi connectivity index (χ3n) is 1.56. The second-order valence-electron chi connectivity index (χ2n) is 3.03. The highest BCUT2D eigenvalue weighted by Gasteiger charge is 2.05. The molecule has 0 atom stereocenters. The van der Waals surface area contributed by atoms with E-state index in [0.717, 1.165) is 21.8 Å². The minimum atomic E-state index is 0.493. The molecule has 0 aliphatic rings. The van der Waals surface area contributed by atoms with Crippen molar-refractivity contribution >= 4 is 33.5 Å². The van der Waals surface area contributed by atoms with E-state index in [4.69, 9.17) is 5.73 Å². The SMILES string of the molecule is CN(C)CCSc1ncnc(N)c1Br. The third kappa shape index (κ3) is 3.43. The monoisotopic (exact) mass is 276 g/mol. The van der Waals surface area contributed by atoms with Crippen LogP contribution in [0.4, 0.5) is 5.82 Å². The second kappa shape index (κ2) is 5.53. The van der Waals surface area contributed by atoms with Crippen molar-refractivity contribution in [2.75, 3.05) is 32.1 Å². The molecule has 0 unspecified atom stereocenters. The van der Waals surface area contributed by atoms with Gasteiger partial charge in [-0.2, -0.15) is 0 Å². The first-order valence-corrected chi connectivity index (χ1v) is 5.92. The van der Waals surface area contributed by atoms with Crippen LogP contribution in [-0.2, 0) is 0 Å². The molecule has 0 radical (unpaired) electrons. The van der Waals surface area contributed by atoms with E-state index in [-0.39, 0.29) is 0 Å². The van der Waals surface area contributed by atoms with Crippen LogP contribution in [0.2, 0.25) is 0 Å². The van der Waals surface area contributed by atoms with Gasteiger partial charge >= 0.3 is 0 Å². The average molecular weight is 277 g/mol. The zero-order chi connectivity index (χ0) is 10.6. The Morgan fingerprint density at radius 1 is 1.50 bits per heavy atom. The molecule has 0 aliphatic carbocycles. The fraction of sp³-hybridized carbons (Fsp3) is 0.500. The molecule has 0 bridgehead atoms. The zero-order valence-corrected chi connectivity index (χ0v) is 10.6. The van der Waals surface area contributed by atoms with Gasteiger partial charge in [0.2, 0.25) is 0 Å². The Kier molecular flexibility index (Phi) is 4.64. The lowest BCUT2D eigenvalue weighted by Crippen LogP contribution is -2.14. The summed E-state index contributed by atoms with van der Waals surface area (Å²) in [6.07, 6.45) is 1.48. The first-order valence-electron chi connectivity index (χ1n) is 4.14. The molecule has 0 aromatic carbocycles. The van der Waals surface area contributed by atoms with Crippen LogP contribution in [-0.4, -0.2) is 41.3 Å². The lowest BCUT2D eigenvalue weighted by Gasteiger charge is -2.09. The van der Waals surface area contributed by atoms with E-state index in [9.17, 15) is 0 Å². The van der Waals surface area contributed by atoms with E-state index in [0.29, 0.717) is 5.82 Å². The summed E-state index contributed by atoms with van der Waals surface area (Å²) >= 11 is 5.03. The Bertz CT molecular complexity index is 305. The summed E-state index contributed by atoms with van der Waals surface area (Å²) in [7, 11) is 4.09. The van der Waals surface area contributed by atoms with Crippen molar-refractivity contribution in [3.63, 3.8) is 0 Å². The van der Waals surface area contributed by atoms with Crippen molar-refractivity contribution in [2.45, 2.75) is 5.03 Å². The second-order valence-corrected chi connectivity index (χ2v) is 4.91. The van der Waals surface area contributed by atoms with Gasteiger partial charge in [0.1, 0.15) is 17.2 Å². The van der Waals surface area contributed by atoms with Crippen LogP contribution in [0, 0.1) is 0 Å². The van der Waals surface area contributed by atoms with E-state index < -0.39 is 0 Å². The molecule has 0 spiro atoms. The number of aromatic nitrogens is 2. The Hall–Kier alpha value is -0.330. The van der Waals surface area contributed by atoms with Crippen molar-refractivity contribution in [3.05, 3.63) is 10.8 Å². The lowest BCUT2D eigenvalue weighted by molar-refractivity contribution is 0.437.